The molecule has 0 unspecified atom stereocenters. The van der Waals surface area contributed by atoms with E-state index in [4.69, 9.17) is 10.3 Å². The summed E-state index contributed by atoms with van der Waals surface area (Å²) in [4.78, 5) is 8.69. The van der Waals surface area contributed by atoms with Crippen molar-refractivity contribution in [1.29, 1.82) is 0 Å². The molecule has 0 aliphatic carbocycles. The number of benzene rings is 1. The van der Waals surface area contributed by atoms with Crippen molar-refractivity contribution in [2.45, 2.75) is 13.0 Å². The fourth-order valence-electron chi connectivity index (χ4n) is 1.74. The molecular weight excluding hydrogens is 340 g/mol. The highest BCUT2D eigenvalue weighted by atomic mass is 79.9. The van der Waals surface area contributed by atoms with Gasteiger partial charge >= 0.3 is 0 Å². The topological polar surface area (TPSA) is 77.8 Å². The zero-order valence-electron chi connectivity index (χ0n) is 10.4. The van der Waals surface area contributed by atoms with E-state index in [2.05, 4.69) is 31.1 Å². The summed E-state index contributed by atoms with van der Waals surface area (Å²) >= 11 is 5.00. The van der Waals surface area contributed by atoms with E-state index in [0.29, 0.717) is 30.4 Å². The number of rotatable bonds is 4. The summed E-state index contributed by atoms with van der Waals surface area (Å²) < 4.78 is 6.28. The molecule has 3 aromatic rings. The molecule has 102 valence electrons. The summed E-state index contributed by atoms with van der Waals surface area (Å²) in [5, 5.41) is 6.72. The van der Waals surface area contributed by atoms with Crippen molar-refractivity contribution in [2.75, 3.05) is 0 Å². The van der Waals surface area contributed by atoms with Crippen LogP contribution in [-0.2, 0) is 13.0 Å². The molecule has 2 N–H and O–H groups in total. The highest BCUT2D eigenvalue weighted by Gasteiger charge is 2.13. The third-order valence-corrected chi connectivity index (χ3v) is 4.36. The maximum Gasteiger partial charge on any atom is 0.277 e. The lowest BCUT2D eigenvalue weighted by Crippen LogP contribution is -1.94. The number of halogens is 1. The molecular formula is C13H11BrN4OS. The monoisotopic (exact) mass is 350 g/mol. The molecule has 20 heavy (non-hydrogen) atoms. The van der Waals surface area contributed by atoms with Crippen LogP contribution < -0.4 is 5.73 Å². The van der Waals surface area contributed by atoms with E-state index in [-0.39, 0.29) is 0 Å². The Bertz CT molecular complexity index is 724. The second kappa shape index (κ2) is 5.82. The van der Waals surface area contributed by atoms with Gasteiger partial charge < -0.3 is 10.3 Å². The number of nitrogens with two attached hydrogens (primary N) is 1. The van der Waals surface area contributed by atoms with Crippen LogP contribution in [0.3, 0.4) is 0 Å². The second-order valence-electron chi connectivity index (χ2n) is 4.11. The fourth-order valence-corrected chi connectivity index (χ4v) is 2.82. The maximum atomic E-state index is 5.54. The van der Waals surface area contributed by atoms with Gasteiger partial charge in [-0.2, -0.15) is 4.98 Å². The molecule has 0 amide bonds. The Kier molecular flexibility index (Phi) is 3.90. The van der Waals surface area contributed by atoms with Gasteiger partial charge in [-0.25, -0.2) is 4.98 Å². The van der Waals surface area contributed by atoms with E-state index >= 15 is 0 Å². The quantitative estimate of drug-likeness (QED) is 0.782. The zero-order chi connectivity index (χ0) is 13.9. The van der Waals surface area contributed by atoms with Gasteiger partial charge in [0.2, 0.25) is 0 Å². The summed E-state index contributed by atoms with van der Waals surface area (Å²) in [5.41, 5.74) is 7.33. The van der Waals surface area contributed by atoms with Gasteiger partial charge in [-0.3, -0.25) is 0 Å². The number of aromatic nitrogens is 3. The Morgan fingerprint density at radius 1 is 1.25 bits per heavy atom. The van der Waals surface area contributed by atoms with Crippen molar-refractivity contribution < 1.29 is 4.52 Å². The predicted octanol–water partition coefficient (Wildman–Crippen LogP) is 3.01. The van der Waals surface area contributed by atoms with Crippen molar-refractivity contribution in [2.24, 2.45) is 5.73 Å². The Morgan fingerprint density at radius 3 is 2.85 bits per heavy atom. The molecule has 0 aliphatic heterocycles. The van der Waals surface area contributed by atoms with Crippen LogP contribution in [0.15, 0.2) is 38.6 Å². The van der Waals surface area contributed by atoms with Crippen molar-refractivity contribution >= 4 is 27.3 Å². The first-order valence-corrected chi connectivity index (χ1v) is 7.64. The molecule has 0 bridgehead atoms. The van der Waals surface area contributed by atoms with Crippen LogP contribution in [0.5, 0.6) is 0 Å². The van der Waals surface area contributed by atoms with Gasteiger partial charge in [0.1, 0.15) is 10.7 Å². The molecule has 3 rings (SSSR count). The van der Waals surface area contributed by atoms with Gasteiger partial charge in [-0.1, -0.05) is 39.3 Å². The second-order valence-corrected chi connectivity index (χ2v) is 5.91. The van der Waals surface area contributed by atoms with Crippen LogP contribution in [0.25, 0.3) is 11.6 Å². The number of hydrogen-bond acceptors (Lipinski definition) is 6. The lowest BCUT2D eigenvalue weighted by atomic mass is 10.1. The molecule has 0 aliphatic rings. The summed E-state index contributed by atoms with van der Waals surface area (Å²) in [5.74, 6) is 1.07. The molecule has 0 fully saturated rings. The van der Waals surface area contributed by atoms with Crippen LogP contribution in [0.1, 0.15) is 16.4 Å². The van der Waals surface area contributed by atoms with Gasteiger partial charge in [-0.15, -0.1) is 11.3 Å². The van der Waals surface area contributed by atoms with Crippen LogP contribution >= 0.6 is 27.3 Å². The Hall–Kier alpha value is -1.57. The third-order valence-electron chi connectivity index (χ3n) is 2.72. The van der Waals surface area contributed by atoms with Gasteiger partial charge in [0, 0.05) is 22.8 Å². The third kappa shape index (κ3) is 2.79. The van der Waals surface area contributed by atoms with Crippen LogP contribution in [0.2, 0.25) is 0 Å². The standard InChI is InChI=1S/C13H11BrN4OS/c14-9-4-2-1-3-8(9)5-11-17-13(19-18-11)10-7-20-12(6-15)16-10/h1-4,7H,5-6,15H2. The van der Waals surface area contributed by atoms with Crippen molar-refractivity contribution in [3.05, 3.63) is 50.5 Å². The molecule has 2 aromatic heterocycles. The molecule has 7 heteroatoms. The minimum atomic E-state index is 0.419. The van der Waals surface area contributed by atoms with Crippen LogP contribution in [0, 0.1) is 0 Å². The van der Waals surface area contributed by atoms with Gasteiger partial charge in [0.25, 0.3) is 5.89 Å². The fraction of sp³-hybridized carbons (Fsp3) is 0.154. The average Bonchev–Trinajstić information content (AvgIpc) is 3.10. The van der Waals surface area contributed by atoms with E-state index in [0.717, 1.165) is 15.0 Å². The van der Waals surface area contributed by atoms with Crippen molar-refractivity contribution in [1.82, 2.24) is 15.1 Å². The first-order chi connectivity index (χ1) is 9.76. The van der Waals surface area contributed by atoms with E-state index in [1.54, 1.807) is 0 Å². The Labute approximate surface area is 128 Å². The minimum absolute atomic E-state index is 0.419. The van der Waals surface area contributed by atoms with Gasteiger partial charge in [-0.05, 0) is 11.6 Å². The lowest BCUT2D eigenvalue weighted by Gasteiger charge is -1.99. The van der Waals surface area contributed by atoms with Crippen molar-refractivity contribution in [3.8, 4) is 11.6 Å². The Morgan fingerprint density at radius 2 is 2.10 bits per heavy atom. The molecule has 0 radical (unpaired) electrons. The summed E-state index contributed by atoms with van der Waals surface area (Å²) in [7, 11) is 0. The number of hydrogen-bond donors (Lipinski definition) is 1. The molecule has 0 spiro atoms. The molecule has 1 aromatic carbocycles. The summed E-state index contributed by atoms with van der Waals surface area (Å²) in [6.07, 6.45) is 0.610. The predicted molar refractivity (Wildman–Crippen MR) is 80.2 cm³/mol. The van der Waals surface area contributed by atoms with Gasteiger partial charge in [0.05, 0.1) is 0 Å². The SMILES string of the molecule is NCc1nc(-c2nc(Cc3ccccc3Br)no2)cs1. The highest BCUT2D eigenvalue weighted by molar-refractivity contribution is 9.10. The van der Waals surface area contributed by atoms with E-state index in [9.17, 15) is 0 Å². The van der Waals surface area contributed by atoms with E-state index < -0.39 is 0 Å². The molecule has 0 saturated heterocycles. The minimum Gasteiger partial charge on any atom is -0.332 e. The average molecular weight is 351 g/mol. The number of nitrogens with zero attached hydrogens (tertiary/aromatic N) is 3. The molecule has 0 saturated carbocycles. The van der Waals surface area contributed by atoms with Crippen LogP contribution in [0.4, 0.5) is 0 Å². The summed E-state index contributed by atoms with van der Waals surface area (Å²) in [6, 6.07) is 7.97. The Balaban J connectivity index is 1.82. The smallest absolute Gasteiger partial charge is 0.277 e. The van der Waals surface area contributed by atoms with E-state index in [1.807, 2.05) is 29.6 Å². The zero-order valence-corrected chi connectivity index (χ0v) is 12.8. The lowest BCUT2D eigenvalue weighted by molar-refractivity contribution is 0.423. The van der Waals surface area contributed by atoms with Crippen LogP contribution in [-0.4, -0.2) is 15.1 Å². The first kappa shape index (κ1) is 13.4. The summed E-state index contributed by atoms with van der Waals surface area (Å²) in [6.45, 7) is 0.419. The molecule has 0 atom stereocenters. The highest BCUT2D eigenvalue weighted by Crippen LogP contribution is 2.22. The first-order valence-electron chi connectivity index (χ1n) is 5.97. The number of thiazole rings is 1. The van der Waals surface area contributed by atoms with Gasteiger partial charge in [0.15, 0.2) is 5.82 Å². The van der Waals surface area contributed by atoms with Crippen molar-refractivity contribution in [3.63, 3.8) is 0 Å². The maximum absolute atomic E-state index is 5.54. The van der Waals surface area contributed by atoms with E-state index in [1.165, 1.54) is 11.3 Å². The molecule has 5 nitrogen and oxygen atoms in total. The largest absolute Gasteiger partial charge is 0.332 e. The normalized spacial score (nSPS) is 10.9. The molecule has 2 heterocycles.